The van der Waals surface area contributed by atoms with Crippen LogP contribution in [0.5, 0.6) is 0 Å². The molecule has 1 aliphatic rings. The minimum absolute atomic E-state index is 0.167. The van der Waals surface area contributed by atoms with E-state index in [0.717, 1.165) is 48.0 Å². The topological polar surface area (TPSA) is 75.4 Å². The van der Waals surface area contributed by atoms with Gasteiger partial charge >= 0.3 is 12.1 Å². The number of carboxylic acids is 1. The smallest absolute Gasteiger partial charge is 0.475 e. The molecule has 6 nitrogen and oxygen atoms in total. The first-order valence-corrected chi connectivity index (χ1v) is 10.8. The van der Waals surface area contributed by atoms with E-state index in [1.807, 2.05) is 33.9 Å². The highest BCUT2D eigenvalue weighted by Crippen LogP contribution is 2.26. The van der Waals surface area contributed by atoms with Crippen LogP contribution in [-0.4, -0.2) is 50.2 Å². The van der Waals surface area contributed by atoms with Crippen LogP contribution in [0.4, 0.5) is 17.6 Å². The third-order valence-corrected chi connectivity index (χ3v) is 5.83. The minimum atomic E-state index is -5.08. The molecule has 1 aliphatic heterocycles. The molecule has 3 aromatic rings. The summed E-state index contributed by atoms with van der Waals surface area (Å²) in [7, 11) is 0. The Morgan fingerprint density at radius 3 is 2.50 bits per heavy atom. The number of carbonyl (C=O) groups excluding carboxylic acids is 1. The van der Waals surface area contributed by atoms with Crippen LogP contribution in [-0.2, 0) is 16.1 Å². The van der Waals surface area contributed by atoms with E-state index in [4.69, 9.17) is 9.90 Å². The lowest BCUT2D eigenvalue weighted by Gasteiger charge is -2.24. The summed E-state index contributed by atoms with van der Waals surface area (Å²) in [5.74, 6) is -2.80. The molecular formula is C24H25F4N3O3. The lowest BCUT2D eigenvalue weighted by molar-refractivity contribution is -0.192. The number of aryl methyl sites for hydroxylation is 1. The van der Waals surface area contributed by atoms with Crippen molar-refractivity contribution in [2.24, 2.45) is 0 Å². The summed E-state index contributed by atoms with van der Waals surface area (Å²) in [4.78, 5) is 28.2. The highest BCUT2D eigenvalue weighted by atomic mass is 19.4. The predicted molar refractivity (Wildman–Crippen MR) is 119 cm³/mol. The molecule has 1 fully saturated rings. The maximum atomic E-state index is 13.6. The van der Waals surface area contributed by atoms with Gasteiger partial charge in [0.05, 0.1) is 11.0 Å². The molecule has 1 atom stereocenters. The first-order valence-electron chi connectivity index (χ1n) is 10.8. The summed E-state index contributed by atoms with van der Waals surface area (Å²) in [5.41, 5.74) is 4.24. The third kappa shape index (κ3) is 5.73. The van der Waals surface area contributed by atoms with E-state index in [-0.39, 0.29) is 11.7 Å². The molecule has 0 aliphatic carbocycles. The monoisotopic (exact) mass is 479 g/mol. The summed E-state index contributed by atoms with van der Waals surface area (Å²) in [5, 5.41) is 7.12. The van der Waals surface area contributed by atoms with Gasteiger partial charge in [-0.05, 0) is 61.6 Å². The Kier molecular flexibility index (Phi) is 7.58. The van der Waals surface area contributed by atoms with Gasteiger partial charge in [0.1, 0.15) is 12.4 Å². The van der Waals surface area contributed by atoms with E-state index in [9.17, 15) is 22.4 Å². The Morgan fingerprint density at radius 2 is 1.88 bits per heavy atom. The molecule has 1 amide bonds. The molecule has 1 unspecified atom stereocenters. The van der Waals surface area contributed by atoms with Crippen molar-refractivity contribution >= 4 is 22.9 Å². The van der Waals surface area contributed by atoms with Crippen LogP contribution in [0, 0.1) is 12.7 Å². The number of likely N-dealkylation sites (tertiary alicyclic amines) is 1. The van der Waals surface area contributed by atoms with Gasteiger partial charge in [0, 0.05) is 30.5 Å². The van der Waals surface area contributed by atoms with Crippen LogP contribution in [0.3, 0.4) is 0 Å². The van der Waals surface area contributed by atoms with Gasteiger partial charge in [-0.2, -0.15) is 13.2 Å². The SMILES string of the molecule is CCC1CCCN1C(=O)Cn1ccc2ncc(-c3ccc(F)c(C)c3)cc21.O=C(O)C(F)(F)F. The number of alkyl halides is 3. The number of benzene rings is 1. The van der Waals surface area contributed by atoms with Gasteiger partial charge in [0.15, 0.2) is 0 Å². The summed E-state index contributed by atoms with van der Waals surface area (Å²) in [6, 6.07) is 9.41. The Labute approximate surface area is 193 Å². The number of fused-ring (bicyclic) bond motifs is 1. The zero-order valence-electron chi connectivity index (χ0n) is 18.8. The van der Waals surface area contributed by atoms with Crippen LogP contribution < -0.4 is 0 Å². The number of halogens is 4. The average molecular weight is 479 g/mol. The molecule has 182 valence electrons. The zero-order valence-corrected chi connectivity index (χ0v) is 18.8. The average Bonchev–Trinajstić information content (AvgIpc) is 3.42. The van der Waals surface area contributed by atoms with Gasteiger partial charge in [0.25, 0.3) is 0 Å². The maximum Gasteiger partial charge on any atom is 0.490 e. The molecule has 0 spiro atoms. The molecule has 2 aromatic heterocycles. The summed E-state index contributed by atoms with van der Waals surface area (Å²) >= 11 is 0. The highest BCUT2D eigenvalue weighted by Gasteiger charge is 2.38. The predicted octanol–water partition coefficient (Wildman–Crippen LogP) is 5.19. The van der Waals surface area contributed by atoms with E-state index in [2.05, 4.69) is 11.9 Å². The van der Waals surface area contributed by atoms with Crippen molar-refractivity contribution in [2.45, 2.75) is 51.9 Å². The Bertz CT molecular complexity index is 1190. The second kappa shape index (κ2) is 10.2. The van der Waals surface area contributed by atoms with Crippen molar-refractivity contribution in [3.8, 4) is 11.1 Å². The van der Waals surface area contributed by atoms with E-state index in [0.29, 0.717) is 18.2 Å². The Balaban J connectivity index is 0.000000406. The van der Waals surface area contributed by atoms with Crippen molar-refractivity contribution in [1.82, 2.24) is 14.5 Å². The molecule has 0 radical (unpaired) electrons. The van der Waals surface area contributed by atoms with E-state index >= 15 is 0 Å². The largest absolute Gasteiger partial charge is 0.490 e. The molecule has 10 heteroatoms. The first-order chi connectivity index (χ1) is 16.0. The van der Waals surface area contributed by atoms with Gasteiger partial charge in [-0.15, -0.1) is 0 Å². The molecule has 1 aromatic carbocycles. The fourth-order valence-electron chi connectivity index (χ4n) is 4.01. The van der Waals surface area contributed by atoms with E-state index in [1.54, 1.807) is 19.2 Å². The molecule has 1 N–H and O–H groups in total. The van der Waals surface area contributed by atoms with Gasteiger partial charge in [-0.25, -0.2) is 9.18 Å². The summed E-state index contributed by atoms with van der Waals surface area (Å²) < 4.78 is 47.3. The number of rotatable bonds is 4. The molecule has 34 heavy (non-hydrogen) atoms. The maximum absolute atomic E-state index is 13.6. The van der Waals surface area contributed by atoms with Crippen molar-refractivity contribution in [3.63, 3.8) is 0 Å². The number of aromatic nitrogens is 2. The lowest BCUT2D eigenvalue weighted by atomic mass is 10.0. The number of pyridine rings is 1. The van der Waals surface area contributed by atoms with Gasteiger partial charge in [0.2, 0.25) is 5.91 Å². The van der Waals surface area contributed by atoms with Crippen molar-refractivity contribution < 1.29 is 32.3 Å². The Hall–Kier alpha value is -3.43. The van der Waals surface area contributed by atoms with Crippen LogP contribution in [0.25, 0.3) is 22.2 Å². The van der Waals surface area contributed by atoms with Crippen LogP contribution in [0.2, 0.25) is 0 Å². The normalized spacial score (nSPS) is 15.8. The van der Waals surface area contributed by atoms with Gasteiger partial charge < -0.3 is 14.6 Å². The quantitative estimate of drug-likeness (QED) is 0.523. The highest BCUT2D eigenvalue weighted by molar-refractivity contribution is 5.84. The van der Waals surface area contributed by atoms with Gasteiger partial charge in [-0.3, -0.25) is 9.78 Å². The minimum Gasteiger partial charge on any atom is -0.475 e. The first kappa shape index (κ1) is 25.2. The second-order valence-corrected chi connectivity index (χ2v) is 8.13. The number of nitrogens with zero attached hydrogens (tertiary/aromatic N) is 3. The number of amides is 1. The molecule has 0 saturated carbocycles. The number of aliphatic carboxylic acids is 1. The fraction of sp³-hybridized carbons (Fsp3) is 0.375. The molecule has 1 saturated heterocycles. The number of carbonyl (C=O) groups is 2. The molecular weight excluding hydrogens is 454 g/mol. The molecule has 4 rings (SSSR count). The Morgan fingerprint density at radius 1 is 1.18 bits per heavy atom. The lowest BCUT2D eigenvalue weighted by Crippen LogP contribution is -2.37. The number of hydrogen-bond donors (Lipinski definition) is 1. The van der Waals surface area contributed by atoms with Crippen LogP contribution in [0.1, 0.15) is 31.7 Å². The zero-order chi connectivity index (χ0) is 25.0. The third-order valence-electron chi connectivity index (χ3n) is 5.83. The van der Waals surface area contributed by atoms with Crippen LogP contribution >= 0.6 is 0 Å². The number of hydrogen-bond acceptors (Lipinski definition) is 3. The fourth-order valence-corrected chi connectivity index (χ4v) is 4.01. The standard InChI is InChI=1S/C22H24FN3O.C2HF3O2/c1-3-18-5-4-9-26(18)22(27)14-25-10-8-20-21(25)12-17(13-24-20)16-6-7-19(23)15(2)11-16;3-2(4,5)1(6)7/h6-8,10-13,18H,3-5,9,14H2,1-2H3;(H,6,7). The summed E-state index contributed by atoms with van der Waals surface area (Å²) in [6.07, 6.45) is 1.84. The van der Waals surface area contributed by atoms with E-state index < -0.39 is 12.1 Å². The van der Waals surface area contributed by atoms with Crippen molar-refractivity contribution in [3.05, 3.63) is 54.1 Å². The van der Waals surface area contributed by atoms with Crippen molar-refractivity contribution in [2.75, 3.05) is 6.54 Å². The second-order valence-electron chi connectivity index (χ2n) is 8.13. The van der Waals surface area contributed by atoms with E-state index in [1.165, 1.54) is 6.07 Å². The summed E-state index contributed by atoms with van der Waals surface area (Å²) in [6.45, 7) is 5.08. The molecule has 0 bridgehead atoms. The molecule has 3 heterocycles. The van der Waals surface area contributed by atoms with Gasteiger partial charge in [-0.1, -0.05) is 13.0 Å². The van der Waals surface area contributed by atoms with Crippen LogP contribution in [0.15, 0.2) is 42.7 Å². The van der Waals surface area contributed by atoms with Crippen molar-refractivity contribution in [1.29, 1.82) is 0 Å². The number of carboxylic acid groups (broad SMARTS) is 1.